The van der Waals surface area contributed by atoms with Crippen molar-refractivity contribution < 1.29 is 4.79 Å². The maximum Gasteiger partial charge on any atom is 0.316 e. The molecule has 0 atom stereocenters. The van der Waals surface area contributed by atoms with E-state index in [1.807, 2.05) is 6.07 Å². The monoisotopic (exact) mass is 217 g/mol. The van der Waals surface area contributed by atoms with Crippen LogP contribution in [0.15, 0.2) is 30.5 Å². The predicted octanol–water partition coefficient (Wildman–Crippen LogP) is 1.15. The van der Waals surface area contributed by atoms with Crippen molar-refractivity contribution in [1.82, 2.24) is 9.97 Å². The molecule has 0 saturated heterocycles. The van der Waals surface area contributed by atoms with Gasteiger partial charge in [0.1, 0.15) is 0 Å². The van der Waals surface area contributed by atoms with Crippen molar-refractivity contribution >= 4 is 17.7 Å². The van der Waals surface area contributed by atoms with Crippen LogP contribution >= 0.6 is 0 Å². The van der Waals surface area contributed by atoms with Crippen LogP contribution in [0, 0.1) is 0 Å². The first-order valence-corrected chi connectivity index (χ1v) is 4.62. The van der Waals surface area contributed by atoms with Gasteiger partial charge in [-0.05, 0) is 12.1 Å². The average molecular weight is 217 g/mol. The fraction of sp³-hybridized carbons (Fsp3) is 0. The standard InChI is InChI=1S/C10H11N5O/c11-9-13-5-8(15-9)6-2-1-3-7(4-6)14-10(12)16/h1-5H,(H3,11,13,15)(H3,12,14,16). The Morgan fingerprint density at radius 2 is 2.25 bits per heavy atom. The van der Waals surface area contributed by atoms with Crippen LogP contribution in [0.1, 0.15) is 0 Å². The van der Waals surface area contributed by atoms with E-state index in [0.29, 0.717) is 11.6 Å². The second-order valence-electron chi connectivity index (χ2n) is 3.25. The third-order valence-corrected chi connectivity index (χ3v) is 2.04. The van der Waals surface area contributed by atoms with Crippen molar-refractivity contribution in [3.63, 3.8) is 0 Å². The molecule has 2 amide bonds. The van der Waals surface area contributed by atoms with E-state index in [2.05, 4.69) is 15.3 Å². The Morgan fingerprint density at radius 3 is 2.88 bits per heavy atom. The first kappa shape index (κ1) is 10.0. The van der Waals surface area contributed by atoms with Crippen LogP contribution in [0.5, 0.6) is 0 Å². The topological polar surface area (TPSA) is 110 Å². The number of nitrogens with zero attached hydrogens (tertiary/aromatic N) is 1. The van der Waals surface area contributed by atoms with Crippen molar-refractivity contribution in [3.8, 4) is 11.3 Å². The molecule has 82 valence electrons. The molecule has 6 heteroatoms. The van der Waals surface area contributed by atoms with Crippen LogP contribution in [-0.4, -0.2) is 16.0 Å². The highest BCUT2D eigenvalue weighted by atomic mass is 16.2. The third kappa shape index (κ3) is 2.11. The van der Waals surface area contributed by atoms with Crippen LogP contribution in [-0.2, 0) is 0 Å². The molecule has 0 radical (unpaired) electrons. The molecule has 2 aromatic rings. The molecule has 0 saturated carbocycles. The molecule has 0 spiro atoms. The fourth-order valence-electron chi connectivity index (χ4n) is 1.39. The summed E-state index contributed by atoms with van der Waals surface area (Å²) < 4.78 is 0. The largest absolute Gasteiger partial charge is 0.369 e. The molecule has 2 rings (SSSR count). The lowest BCUT2D eigenvalue weighted by Gasteiger charge is -2.03. The zero-order chi connectivity index (χ0) is 11.5. The summed E-state index contributed by atoms with van der Waals surface area (Å²) >= 11 is 0. The van der Waals surface area contributed by atoms with Gasteiger partial charge in [-0.1, -0.05) is 12.1 Å². The summed E-state index contributed by atoms with van der Waals surface area (Å²) in [4.78, 5) is 17.5. The summed E-state index contributed by atoms with van der Waals surface area (Å²) in [6, 6.07) is 6.60. The van der Waals surface area contributed by atoms with Crippen LogP contribution in [0.2, 0.25) is 0 Å². The van der Waals surface area contributed by atoms with Crippen molar-refractivity contribution in [1.29, 1.82) is 0 Å². The Kier molecular flexibility index (Phi) is 2.47. The van der Waals surface area contributed by atoms with Gasteiger partial charge in [0.2, 0.25) is 0 Å². The summed E-state index contributed by atoms with van der Waals surface area (Å²) in [6.07, 6.45) is 1.62. The van der Waals surface area contributed by atoms with Crippen LogP contribution in [0.3, 0.4) is 0 Å². The molecule has 0 bridgehead atoms. The number of anilines is 2. The molecule has 16 heavy (non-hydrogen) atoms. The molecule has 0 unspecified atom stereocenters. The number of H-pyrrole nitrogens is 1. The SMILES string of the molecule is NC(=O)Nc1cccc(-c2cnc(N)[nH]2)c1. The van der Waals surface area contributed by atoms with Gasteiger partial charge in [0.25, 0.3) is 0 Å². The van der Waals surface area contributed by atoms with Crippen molar-refractivity contribution in [2.45, 2.75) is 0 Å². The van der Waals surface area contributed by atoms with Gasteiger partial charge in [-0.3, -0.25) is 0 Å². The fourth-order valence-corrected chi connectivity index (χ4v) is 1.39. The number of hydrogen-bond acceptors (Lipinski definition) is 3. The normalized spacial score (nSPS) is 10.0. The number of aromatic nitrogens is 2. The highest BCUT2D eigenvalue weighted by Gasteiger charge is 2.02. The molecule has 1 aromatic carbocycles. The number of nitrogens with one attached hydrogen (secondary N) is 2. The summed E-state index contributed by atoms with van der Waals surface area (Å²) in [5.41, 5.74) is 12.8. The lowest BCUT2D eigenvalue weighted by atomic mass is 10.1. The summed E-state index contributed by atoms with van der Waals surface area (Å²) in [7, 11) is 0. The molecule has 6 N–H and O–H groups in total. The van der Waals surface area contributed by atoms with E-state index >= 15 is 0 Å². The van der Waals surface area contributed by atoms with E-state index in [-0.39, 0.29) is 0 Å². The number of urea groups is 1. The number of nitrogens with two attached hydrogens (primary N) is 2. The summed E-state index contributed by atoms with van der Waals surface area (Å²) in [6.45, 7) is 0. The molecule has 1 heterocycles. The van der Waals surface area contributed by atoms with Gasteiger partial charge in [-0.15, -0.1) is 0 Å². The quantitative estimate of drug-likeness (QED) is 0.605. The second kappa shape index (κ2) is 3.93. The maximum absolute atomic E-state index is 10.7. The van der Waals surface area contributed by atoms with Crippen molar-refractivity contribution in [3.05, 3.63) is 30.5 Å². The Balaban J connectivity index is 2.32. The molecule has 0 aliphatic heterocycles. The van der Waals surface area contributed by atoms with Gasteiger partial charge >= 0.3 is 6.03 Å². The lowest BCUT2D eigenvalue weighted by molar-refractivity contribution is 0.259. The predicted molar refractivity (Wildman–Crippen MR) is 61.6 cm³/mol. The van der Waals surface area contributed by atoms with E-state index in [0.717, 1.165) is 11.3 Å². The number of rotatable bonds is 2. The molecular weight excluding hydrogens is 206 g/mol. The van der Waals surface area contributed by atoms with Gasteiger partial charge in [0.05, 0.1) is 11.9 Å². The molecule has 6 nitrogen and oxygen atoms in total. The number of carbonyl (C=O) groups excluding carboxylic acids is 1. The highest BCUT2D eigenvalue weighted by Crippen LogP contribution is 2.21. The second-order valence-corrected chi connectivity index (χ2v) is 3.25. The maximum atomic E-state index is 10.7. The zero-order valence-electron chi connectivity index (χ0n) is 8.40. The van der Waals surface area contributed by atoms with Gasteiger partial charge in [0, 0.05) is 11.3 Å². The Labute approximate surface area is 91.7 Å². The number of aromatic amines is 1. The minimum absolute atomic E-state index is 0.350. The van der Waals surface area contributed by atoms with E-state index in [1.54, 1.807) is 24.4 Å². The van der Waals surface area contributed by atoms with Crippen LogP contribution in [0.4, 0.5) is 16.4 Å². The number of primary amides is 1. The third-order valence-electron chi connectivity index (χ3n) is 2.04. The number of imidazole rings is 1. The molecule has 1 aromatic heterocycles. The number of carbonyl (C=O) groups is 1. The van der Waals surface area contributed by atoms with Gasteiger partial charge in [-0.2, -0.15) is 0 Å². The minimum Gasteiger partial charge on any atom is -0.369 e. The number of hydrogen-bond donors (Lipinski definition) is 4. The summed E-state index contributed by atoms with van der Waals surface area (Å²) in [5.74, 6) is 0.350. The van der Waals surface area contributed by atoms with E-state index in [9.17, 15) is 4.79 Å². The Morgan fingerprint density at radius 1 is 1.44 bits per heavy atom. The average Bonchev–Trinajstić information content (AvgIpc) is 2.64. The first-order chi connectivity index (χ1) is 7.65. The van der Waals surface area contributed by atoms with Crippen molar-refractivity contribution in [2.75, 3.05) is 11.1 Å². The molecule has 0 aliphatic carbocycles. The molecule has 0 aliphatic rings. The summed E-state index contributed by atoms with van der Waals surface area (Å²) in [5, 5.41) is 2.50. The number of nitrogen functional groups attached to an aromatic ring is 1. The Hall–Kier alpha value is -2.50. The first-order valence-electron chi connectivity index (χ1n) is 4.62. The van der Waals surface area contributed by atoms with E-state index < -0.39 is 6.03 Å². The van der Waals surface area contributed by atoms with E-state index in [4.69, 9.17) is 11.5 Å². The van der Waals surface area contributed by atoms with Gasteiger partial charge < -0.3 is 21.8 Å². The number of amides is 2. The molecule has 0 fully saturated rings. The van der Waals surface area contributed by atoms with Crippen LogP contribution < -0.4 is 16.8 Å². The van der Waals surface area contributed by atoms with Gasteiger partial charge in [-0.25, -0.2) is 9.78 Å². The number of benzene rings is 1. The smallest absolute Gasteiger partial charge is 0.316 e. The zero-order valence-corrected chi connectivity index (χ0v) is 8.40. The lowest BCUT2D eigenvalue weighted by Crippen LogP contribution is -2.19. The minimum atomic E-state index is -0.596. The molecular formula is C10H11N5O. The highest BCUT2D eigenvalue weighted by molar-refractivity contribution is 5.88. The van der Waals surface area contributed by atoms with Crippen molar-refractivity contribution in [2.24, 2.45) is 5.73 Å². The van der Waals surface area contributed by atoms with Crippen LogP contribution in [0.25, 0.3) is 11.3 Å². The van der Waals surface area contributed by atoms with Gasteiger partial charge in [0.15, 0.2) is 5.95 Å². The Bertz CT molecular complexity index is 519. The van der Waals surface area contributed by atoms with E-state index in [1.165, 1.54) is 0 Å².